The molecule has 0 fully saturated rings. The highest BCUT2D eigenvalue weighted by atomic mass is 16.4. The summed E-state index contributed by atoms with van der Waals surface area (Å²) in [5.41, 5.74) is 33.0. The van der Waals surface area contributed by atoms with Gasteiger partial charge in [-0.15, -0.1) is 0 Å². The molecule has 1 aromatic carbocycles. The lowest BCUT2D eigenvalue weighted by Crippen LogP contribution is -2.61. The average Bonchev–Trinajstić information content (AvgIpc) is 3.27. The first-order chi connectivity index (χ1) is 31.5. The molecule has 0 aromatic heterocycles. The van der Waals surface area contributed by atoms with E-state index >= 15 is 0 Å². The second kappa shape index (κ2) is 30.1. The summed E-state index contributed by atoms with van der Waals surface area (Å²) in [5.74, 6) is -10.2. The molecule has 9 atom stereocenters. The number of carboxylic acids is 1. The Balaban J connectivity index is 3.28. The van der Waals surface area contributed by atoms with Crippen LogP contribution in [0.15, 0.2) is 40.3 Å². The number of guanidine groups is 2. The summed E-state index contributed by atoms with van der Waals surface area (Å²) in [5, 5.41) is 46.0. The summed E-state index contributed by atoms with van der Waals surface area (Å²) in [6.07, 6.45) is -0.544. The fraction of sp³-hybridized carbons (Fsp3) is 0.575. The Hall–Kier alpha value is -7.13. The van der Waals surface area contributed by atoms with E-state index in [1.165, 1.54) is 6.92 Å². The second-order valence-corrected chi connectivity index (χ2v) is 15.5. The topological polar surface area (TPSA) is 479 Å². The number of rotatable bonds is 31. The van der Waals surface area contributed by atoms with Gasteiger partial charge in [-0.2, -0.15) is 0 Å². The number of carbonyl (C=O) groups excluding carboxylic acids is 8. The van der Waals surface area contributed by atoms with Crippen molar-refractivity contribution < 1.29 is 58.5 Å². The second-order valence-electron chi connectivity index (χ2n) is 15.5. The monoisotopic (exact) mass is 950 g/mol. The van der Waals surface area contributed by atoms with Gasteiger partial charge in [-0.3, -0.25) is 48.3 Å². The van der Waals surface area contributed by atoms with E-state index < -0.39 is 127 Å². The van der Waals surface area contributed by atoms with Crippen LogP contribution in [0, 0.1) is 5.92 Å². The number of aliphatic hydroxyl groups is 2. The van der Waals surface area contributed by atoms with Gasteiger partial charge >= 0.3 is 5.97 Å². The number of aliphatic carboxylic acids is 1. The van der Waals surface area contributed by atoms with Crippen LogP contribution in [-0.2, 0) is 49.6 Å². The van der Waals surface area contributed by atoms with Gasteiger partial charge in [-0.1, -0.05) is 50.6 Å². The van der Waals surface area contributed by atoms with Gasteiger partial charge in [-0.25, -0.2) is 4.79 Å². The third kappa shape index (κ3) is 22.1. The van der Waals surface area contributed by atoms with Gasteiger partial charge in [0.1, 0.15) is 48.3 Å². The number of hydrogen-bond donors (Lipinski definition) is 16. The molecule has 0 aliphatic carbocycles. The van der Waals surface area contributed by atoms with Crippen molar-refractivity contribution in [1.82, 2.24) is 37.2 Å². The zero-order valence-corrected chi connectivity index (χ0v) is 37.7. The molecule has 0 saturated heterocycles. The normalized spacial score (nSPS) is 14.8. The molecule has 27 nitrogen and oxygen atoms in total. The summed E-state index contributed by atoms with van der Waals surface area (Å²) >= 11 is 0. The number of carboxylic acid groups (broad SMARTS) is 1. The van der Waals surface area contributed by atoms with Gasteiger partial charge in [0, 0.05) is 19.5 Å². The van der Waals surface area contributed by atoms with Gasteiger partial charge in [0.05, 0.1) is 19.6 Å². The largest absolute Gasteiger partial charge is 0.480 e. The molecule has 0 aliphatic rings. The third-order valence-corrected chi connectivity index (χ3v) is 9.99. The van der Waals surface area contributed by atoms with Gasteiger partial charge in [-0.05, 0) is 44.1 Å². The van der Waals surface area contributed by atoms with E-state index in [0.29, 0.717) is 12.0 Å². The first-order valence-electron chi connectivity index (χ1n) is 21.3. The quantitative estimate of drug-likeness (QED) is 0.0187. The van der Waals surface area contributed by atoms with E-state index in [2.05, 4.69) is 47.2 Å². The molecular formula is C40H67N15O12. The predicted molar refractivity (Wildman–Crippen MR) is 242 cm³/mol. The number of amides is 8. The number of nitrogens with one attached hydrogen (secondary N) is 7. The van der Waals surface area contributed by atoms with E-state index in [4.69, 9.17) is 34.4 Å². The smallest absolute Gasteiger partial charge is 0.326 e. The van der Waals surface area contributed by atoms with Crippen molar-refractivity contribution in [2.45, 2.75) is 114 Å². The fourth-order valence-electron chi connectivity index (χ4n) is 6.00. The molecule has 1 rings (SSSR count). The van der Waals surface area contributed by atoms with E-state index in [1.807, 2.05) is 0 Å². The Kier molecular flexibility index (Phi) is 26.0. The molecule has 374 valence electrons. The highest BCUT2D eigenvalue weighted by Crippen LogP contribution is 2.11. The Morgan fingerprint density at radius 1 is 0.582 bits per heavy atom. The number of carbonyl (C=O) groups is 9. The van der Waals surface area contributed by atoms with Crippen molar-refractivity contribution in [2.75, 3.05) is 26.3 Å². The maximum absolute atomic E-state index is 13.7. The maximum atomic E-state index is 13.7. The van der Waals surface area contributed by atoms with E-state index in [0.717, 1.165) is 0 Å². The highest BCUT2D eigenvalue weighted by molar-refractivity contribution is 5.98. The zero-order valence-electron chi connectivity index (χ0n) is 37.7. The first kappa shape index (κ1) is 57.9. The minimum Gasteiger partial charge on any atom is -0.480 e. The van der Waals surface area contributed by atoms with Crippen LogP contribution in [0.4, 0.5) is 0 Å². The van der Waals surface area contributed by atoms with Crippen LogP contribution in [0.1, 0.15) is 64.9 Å². The van der Waals surface area contributed by atoms with Crippen molar-refractivity contribution in [3.05, 3.63) is 35.9 Å². The highest BCUT2D eigenvalue weighted by Gasteiger charge is 2.35. The summed E-state index contributed by atoms with van der Waals surface area (Å²) in [6, 6.07) is -3.04. The van der Waals surface area contributed by atoms with Gasteiger partial charge in [0.15, 0.2) is 11.9 Å². The van der Waals surface area contributed by atoms with Gasteiger partial charge in [0.2, 0.25) is 47.3 Å². The predicted octanol–water partition coefficient (Wildman–Crippen LogP) is -6.93. The van der Waals surface area contributed by atoms with Crippen molar-refractivity contribution in [3.63, 3.8) is 0 Å². The molecule has 0 unspecified atom stereocenters. The Morgan fingerprint density at radius 2 is 1.04 bits per heavy atom. The Bertz CT molecular complexity index is 1900. The van der Waals surface area contributed by atoms with Crippen LogP contribution in [0.25, 0.3) is 0 Å². The van der Waals surface area contributed by atoms with Crippen molar-refractivity contribution in [1.29, 1.82) is 0 Å². The summed E-state index contributed by atoms with van der Waals surface area (Å²) in [7, 11) is 0. The Labute approximate surface area is 386 Å². The lowest BCUT2D eigenvalue weighted by atomic mass is 9.96. The number of primary amides is 1. The molecule has 0 heterocycles. The molecule has 8 amide bonds. The van der Waals surface area contributed by atoms with Crippen LogP contribution in [0.2, 0.25) is 0 Å². The summed E-state index contributed by atoms with van der Waals surface area (Å²) < 4.78 is 0. The zero-order chi connectivity index (χ0) is 50.8. The standard InChI is InChI=1S/C40H67N15O12/c1-4-20(2)30(55-35(63)26(52-32(60)23(41)18-56)16-22-10-6-5-7-11-22)37(65)54-28(19-57)36(64)49-21(3)31(59)50-24(12-8-14-47-39(43)44)33(61)51-25(13-9-15-48-40(45)46)34(62)53-27(38(66)67)17-29(42)58/h5-7,10-11,20-21,23-28,30,56-57H,4,8-9,12-19,41H2,1-3H3,(H2,42,58)(H,49,64)(H,50,59)(H,51,61)(H,52,60)(H,53,62)(H,54,65)(H,55,63)(H,66,67)(H4,43,44,47)(H4,45,46,48)/t20-,21-,23-,24-,25-,26-,27-,28-,30-/m0/s1. The lowest BCUT2D eigenvalue weighted by molar-refractivity contribution is -0.143. The first-order valence-corrected chi connectivity index (χ1v) is 21.3. The SMILES string of the molecule is CC[C@H](C)[C@H](NC(=O)[C@H](Cc1ccccc1)NC(=O)[C@@H](N)CO)C(=O)N[C@@H](CO)C(=O)N[C@@H](C)C(=O)N[C@@H](CCCN=C(N)N)C(=O)N[C@@H](CCCN=C(N)N)C(=O)N[C@@H](CC(N)=O)C(=O)O. The summed E-state index contributed by atoms with van der Waals surface area (Å²) in [4.78, 5) is 125. The molecular weight excluding hydrogens is 883 g/mol. The molecule has 1 aromatic rings. The van der Waals surface area contributed by atoms with Crippen LogP contribution in [-0.4, -0.2) is 155 Å². The minimum absolute atomic E-state index is 0.000283. The van der Waals surface area contributed by atoms with E-state index in [-0.39, 0.29) is 57.1 Å². The lowest BCUT2D eigenvalue weighted by Gasteiger charge is -2.28. The molecule has 0 aliphatic heterocycles. The number of hydrogen-bond acceptors (Lipinski definition) is 14. The number of nitrogens with two attached hydrogens (primary N) is 6. The van der Waals surface area contributed by atoms with Crippen LogP contribution < -0.4 is 71.6 Å². The van der Waals surface area contributed by atoms with Gasteiger partial charge < -0.3 is 86.9 Å². The summed E-state index contributed by atoms with van der Waals surface area (Å²) in [6.45, 7) is 2.93. The molecule has 22 N–H and O–H groups in total. The third-order valence-electron chi connectivity index (χ3n) is 9.99. The number of benzene rings is 1. The molecule has 0 bridgehead atoms. The van der Waals surface area contributed by atoms with Crippen molar-refractivity contribution in [2.24, 2.45) is 50.3 Å². The number of nitrogens with zero attached hydrogens (tertiary/aromatic N) is 2. The van der Waals surface area contributed by atoms with E-state index in [9.17, 15) is 58.5 Å². The molecule has 67 heavy (non-hydrogen) atoms. The van der Waals surface area contributed by atoms with Crippen LogP contribution >= 0.6 is 0 Å². The molecule has 27 heteroatoms. The number of aliphatic hydroxyl groups excluding tert-OH is 2. The van der Waals surface area contributed by atoms with Crippen LogP contribution in [0.3, 0.4) is 0 Å². The number of aliphatic imine (C=N–C) groups is 2. The maximum Gasteiger partial charge on any atom is 0.326 e. The fourth-order valence-corrected chi connectivity index (χ4v) is 6.00. The van der Waals surface area contributed by atoms with E-state index in [1.54, 1.807) is 44.2 Å². The van der Waals surface area contributed by atoms with Crippen LogP contribution in [0.5, 0.6) is 0 Å². The average molecular weight is 950 g/mol. The molecule has 0 spiro atoms. The van der Waals surface area contributed by atoms with Crippen molar-refractivity contribution in [3.8, 4) is 0 Å². The minimum atomic E-state index is -1.75. The Morgan fingerprint density at radius 3 is 1.51 bits per heavy atom. The molecule has 0 saturated carbocycles. The van der Waals surface area contributed by atoms with Crippen molar-refractivity contribution >= 4 is 65.1 Å². The molecule has 0 radical (unpaired) electrons. The van der Waals surface area contributed by atoms with Gasteiger partial charge in [0.25, 0.3) is 0 Å².